The first kappa shape index (κ1) is 14.6. The number of halogens is 1. The van der Waals surface area contributed by atoms with Gasteiger partial charge in [0.15, 0.2) is 0 Å². The number of thioether (sulfide) groups is 1. The molecule has 0 aromatic carbocycles. The van der Waals surface area contributed by atoms with Crippen molar-refractivity contribution < 1.29 is 23.9 Å². The maximum atomic E-state index is 12.8. The molecule has 0 spiro atoms. The quantitative estimate of drug-likeness (QED) is 0.735. The van der Waals surface area contributed by atoms with E-state index >= 15 is 0 Å². The molecule has 2 N–H and O–H groups in total. The van der Waals surface area contributed by atoms with E-state index in [4.69, 9.17) is 0 Å². The van der Waals surface area contributed by atoms with Gasteiger partial charge < -0.3 is 15.3 Å². The zero-order valence-electron chi connectivity index (χ0n) is 11.7. The fourth-order valence-electron chi connectivity index (χ4n) is 3.18. The van der Waals surface area contributed by atoms with Gasteiger partial charge in [-0.1, -0.05) is 0 Å². The van der Waals surface area contributed by atoms with Crippen molar-refractivity contribution in [3.8, 4) is 0 Å². The third-order valence-electron chi connectivity index (χ3n) is 4.42. The highest BCUT2D eigenvalue weighted by Gasteiger charge is 2.64. The van der Waals surface area contributed by atoms with E-state index in [9.17, 15) is 23.9 Å². The maximum absolute atomic E-state index is 12.8. The Morgan fingerprint density at radius 2 is 2.05 bits per heavy atom. The van der Waals surface area contributed by atoms with E-state index in [1.54, 1.807) is 13.8 Å². The minimum atomic E-state index is -1.03. The van der Waals surface area contributed by atoms with E-state index in [2.05, 4.69) is 5.32 Å². The molecule has 2 heterocycles. The largest absolute Gasteiger partial charge is 0.480 e. The molecule has 3 fully saturated rings. The number of rotatable bonds is 3. The zero-order valence-corrected chi connectivity index (χ0v) is 12.5. The molecule has 1 saturated carbocycles. The standard InChI is InChI=1S/C13H17FN2O4S/c1-13(2)8(12(19)20)16-10(18)7(11(16)21-13)15-9(17)5-3-6(14)4-5/h5-8,11H,3-4H2,1-2H3,(H,15,17)(H,19,20)/t5?,6?,7-,8+,11-/m1/s1. The van der Waals surface area contributed by atoms with Crippen molar-refractivity contribution >= 4 is 29.5 Å². The SMILES string of the molecule is CC1(C)S[C@@H]2[C@H](NC(=O)C3CC(F)C3)C(=O)N2[C@H]1C(=O)O. The highest BCUT2D eigenvalue weighted by atomic mass is 32.2. The molecule has 2 amide bonds. The van der Waals surface area contributed by atoms with Crippen molar-refractivity contribution in [2.75, 3.05) is 0 Å². The van der Waals surface area contributed by atoms with Gasteiger partial charge >= 0.3 is 5.97 Å². The minimum absolute atomic E-state index is 0.206. The van der Waals surface area contributed by atoms with Crippen LogP contribution in [-0.2, 0) is 14.4 Å². The molecular weight excluding hydrogens is 299 g/mol. The first-order valence-corrected chi connectivity index (χ1v) is 7.77. The van der Waals surface area contributed by atoms with Gasteiger partial charge in [-0.3, -0.25) is 9.59 Å². The lowest BCUT2D eigenvalue weighted by Gasteiger charge is -2.44. The predicted molar refractivity (Wildman–Crippen MR) is 73.3 cm³/mol. The molecule has 0 radical (unpaired) electrons. The molecule has 2 saturated heterocycles. The molecule has 0 aromatic rings. The smallest absolute Gasteiger partial charge is 0.327 e. The molecule has 0 bridgehead atoms. The second-order valence-electron chi connectivity index (χ2n) is 6.35. The van der Waals surface area contributed by atoms with Crippen LogP contribution in [0.25, 0.3) is 0 Å². The van der Waals surface area contributed by atoms with Crippen molar-refractivity contribution in [3.05, 3.63) is 0 Å². The number of fused-ring (bicyclic) bond motifs is 1. The fourth-order valence-corrected chi connectivity index (χ4v) is 4.80. The predicted octanol–water partition coefficient (Wildman–Crippen LogP) is 0.366. The molecule has 0 unspecified atom stereocenters. The number of nitrogens with one attached hydrogen (secondary N) is 1. The summed E-state index contributed by atoms with van der Waals surface area (Å²) in [6, 6.07) is -1.57. The molecule has 21 heavy (non-hydrogen) atoms. The van der Waals surface area contributed by atoms with Gasteiger partial charge in [0, 0.05) is 10.7 Å². The third kappa shape index (κ3) is 2.11. The number of alkyl halides is 1. The summed E-state index contributed by atoms with van der Waals surface area (Å²) in [7, 11) is 0. The Morgan fingerprint density at radius 3 is 2.57 bits per heavy atom. The van der Waals surface area contributed by atoms with E-state index in [0.717, 1.165) is 0 Å². The van der Waals surface area contributed by atoms with Gasteiger partial charge in [-0.25, -0.2) is 9.18 Å². The van der Waals surface area contributed by atoms with Crippen LogP contribution in [-0.4, -0.2) is 56.2 Å². The van der Waals surface area contributed by atoms with Gasteiger partial charge in [0.05, 0.1) is 0 Å². The van der Waals surface area contributed by atoms with Crippen LogP contribution in [0, 0.1) is 5.92 Å². The molecule has 2 aliphatic heterocycles. The van der Waals surface area contributed by atoms with E-state index < -0.39 is 29.0 Å². The summed E-state index contributed by atoms with van der Waals surface area (Å²) in [6.07, 6.45) is -0.514. The van der Waals surface area contributed by atoms with Crippen LogP contribution in [0.4, 0.5) is 4.39 Å². The molecule has 116 valence electrons. The molecule has 3 aliphatic rings. The third-order valence-corrected chi connectivity index (χ3v) is 6.00. The van der Waals surface area contributed by atoms with Crippen LogP contribution in [0.1, 0.15) is 26.7 Å². The van der Waals surface area contributed by atoms with Gasteiger partial charge in [0.25, 0.3) is 0 Å². The Morgan fingerprint density at radius 1 is 1.43 bits per heavy atom. The second kappa shape index (κ2) is 4.59. The summed E-state index contributed by atoms with van der Waals surface area (Å²) in [5.74, 6) is -2.07. The van der Waals surface area contributed by atoms with Gasteiger partial charge in [0.2, 0.25) is 11.8 Å². The van der Waals surface area contributed by atoms with Crippen LogP contribution < -0.4 is 5.32 Å². The van der Waals surface area contributed by atoms with Crippen molar-refractivity contribution in [2.24, 2.45) is 5.92 Å². The molecule has 8 heteroatoms. The average Bonchev–Trinajstić information content (AvgIpc) is 2.60. The Kier molecular flexibility index (Phi) is 3.20. The van der Waals surface area contributed by atoms with Gasteiger partial charge in [0.1, 0.15) is 23.6 Å². The van der Waals surface area contributed by atoms with E-state index in [0.29, 0.717) is 0 Å². The number of carbonyl (C=O) groups excluding carboxylic acids is 2. The number of aliphatic carboxylic acids is 1. The maximum Gasteiger partial charge on any atom is 0.327 e. The fraction of sp³-hybridized carbons (Fsp3) is 0.769. The highest BCUT2D eigenvalue weighted by Crippen LogP contribution is 2.50. The monoisotopic (exact) mass is 316 g/mol. The topological polar surface area (TPSA) is 86.7 Å². The summed E-state index contributed by atoms with van der Waals surface area (Å²) in [4.78, 5) is 36.7. The molecule has 3 atom stereocenters. The van der Waals surface area contributed by atoms with E-state index in [-0.39, 0.29) is 35.9 Å². The first-order valence-electron chi connectivity index (χ1n) is 6.89. The molecule has 1 aliphatic carbocycles. The van der Waals surface area contributed by atoms with Gasteiger partial charge in [-0.05, 0) is 26.7 Å². The van der Waals surface area contributed by atoms with Crippen molar-refractivity contribution in [1.29, 1.82) is 0 Å². The molecule has 0 aromatic heterocycles. The Balaban J connectivity index is 1.67. The number of carbonyl (C=O) groups is 3. The normalized spacial score (nSPS) is 40.0. The van der Waals surface area contributed by atoms with Gasteiger partial charge in [-0.15, -0.1) is 11.8 Å². The first-order chi connectivity index (χ1) is 9.72. The van der Waals surface area contributed by atoms with Gasteiger partial charge in [-0.2, -0.15) is 0 Å². The number of amides is 2. The van der Waals surface area contributed by atoms with Crippen LogP contribution in [0.5, 0.6) is 0 Å². The summed E-state index contributed by atoms with van der Waals surface area (Å²) in [5, 5.41) is 11.6. The molecular formula is C13H17FN2O4S. The molecule has 3 rings (SSSR count). The number of hydrogen-bond acceptors (Lipinski definition) is 4. The number of hydrogen-bond donors (Lipinski definition) is 2. The van der Waals surface area contributed by atoms with Crippen molar-refractivity contribution in [2.45, 2.75) is 55.1 Å². The Bertz CT molecular complexity index is 520. The summed E-state index contributed by atoms with van der Waals surface area (Å²) in [5.41, 5.74) is 0. The minimum Gasteiger partial charge on any atom is -0.480 e. The number of carboxylic acid groups (broad SMARTS) is 1. The lowest BCUT2D eigenvalue weighted by molar-refractivity contribution is -0.161. The Hall–Kier alpha value is -1.31. The van der Waals surface area contributed by atoms with Crippen LogP contribution >= 0.6 is 11.8 Å². The summed E-state index contributed by atoms with van der Waals surface area (Å²) < 4.78 is 12.2. The van der Waals surface area contributed by atoms with E-state index in [1.807, 2.05) is 0 Å². The van der Waals surface area contributed by atoms with Crippen molar-refractivity contribution in [1.82, 2.24) is 10.2 Å². The van der Waals surface area contributed by atoms with Crippen molar-refractivity contribution in [3.63, 3.8) is 0 Å². The lowest BCUT2D eigenvalue weighted by atomic mass is 9.82. The van der Waals surface area contributed by atoms with E-state index in [1.165, 1.54) is 16.7 Å². The Labute approximate surface area is 125 Å². The second-order valence-corrected chi connectivity index (χ2v) is 8.12. The summed E-state index contributed by atoms with van der Waals surface area (Å²) in [6.45, 7) is 3.56. The number of nitrogens with zero attached hydrogens (tertiary/aromatic N) is 1. The lowest BCUT2D eigenvalue weighted by Crippen LogP contribution is -2.71. The number of carboxylic acids is 1. The molecule has 6 nitrogen and oxygen atoms in total. The summed E-state index contributed by atoms with van der Waals surface area (Å²) >= 11 is 1.38. The number of β-lactam (4-membered cyclic amide) rings is 1. The zero-order chi connectivity index (χ0) is 15.5. The van der Waals surface area contributed by atoms with Crippen LogP contribution in [0.15, 0.2) is 0 Å². The van der Waals surface area contributed by atoms with Crippen LogP contribution in [0.3, 0.4) is 0 Å². The van der Waals surface area contributed by atoms with Crippen LogP contribution in [0.2, 0.25) is 0 Å². The highest BCUT2D eigenvalue weighted by molar-refractivity contribution is 8.01. The average molecular weight is 316 g/mol.